The molecule has 0 amide bonds. The number of alkyl halides is 1. The van der Waals surface area contributed by atoms with Crippen molar-refractivity contribution >= 4 is 18.4 Å². The van der Waals surface area contributed by atoms with E-state index >= 15 is 0 Å². The lowest BCUT2D eigenvalue weighted by Crippen LogP contribution is -2.31. The first-order valence-electron chi connectivity index (χ1n) is 5.84. The molecule has 0 aliphatic carbocycles. The smallest absolute Gasteiger partial charge is 0.342 e. The Morgan fingerprint density at radius 2 is 2.00 bits per heavy atom. The number of hydrogen-bond donors (Lipinski definition) is 1. The zero-order valence-corrected chi connectivity index (χ0v) is 12.4. The van der Waals surface area contributed by atoms with Crippen molar-refractivity contribution in [2.24, 2.45) is 5.73 Å². The van der Waals surface area contributed by atoms with E-state index in [0.29, 0.717) is 17.1 Å². The molecule has 0 aliphatic rings. The Bertz CT molecular complexity index is 444. The van der Waals surface area contributed by atoms with Crippen molar-refractivity contribution in [2.75, 3.05) is 20.8 Å². The molecule has 0 aromatic heterocycles. The van der Waals surface area contributed by atoms with Crippen molar-refractivity contribution in [3.05, 3.63) is 23.8 Å². The number of para-hydroxylation sites is 1. The number of carbonyl (C=O) groups is 1. The molecular weight excluding hydrogens is 289 g/mol. The summed E-state index contributed by atoms with van der Waals surface area (Å²) in [4.78, 5) is 11.4. The van der Waals surface area contributed by atoms with Crippen molar-refractivity contribution in [1.29, 1.82) is 0 Å². The average Bonchev–Trinajstić information content (AvgIpc) is 2.44. The number of ether oxygens (including phenoxy) is 3. The fourth-order valence-corrected chi connectivity index (χ4v) is 1.70. The van der Waals surface area contributed by atoms with Crippen LogP contribution in [0.15, 0.2) is 18.2 Å². The zero-order chi connectivity index (χ0) is 14.4. The average molecular weight is 308 g/mol. The molecule has 0 bridgehead atoms. The van der Waals surface area contributed by atoms with E-state index < -0.39 is 18.2 Å². The number of nitrogens with two attached hydrogens (primary N) is 1. The molecule has 0 spiro atoms. The Balaban J connectivity index is 0.00000361. The van der Waals surface area contributed by atoms with E-state index in [0.717, 1.165) is 0 Å². The fourth-order valence-electron chi connectivity index (χ4n) is 1.70. The second-order valence-corrected chi connectivity index (χ2v) is 3.76. The molecule has 114 valence electrons. The zero-order valence-electron chi connectivity index (χ0n) is 11.6. The Kier molecular flexibility index (Phi) is 7.94. The number of esters is 1. The van der Waals surface area contributed by atoms with E-state index in [-0.39, 0.29) is 19.0 Å². The highest BCUT2D eigenvalue weighted by atomic mass is 35.5. The molecule has 0 saturated carbocycles. The first kappa shape index (κ1) is 18.5. The van der Waals surface area contributed by atoms with Gasteiger partial charge in [-0.05, 0) is 13.0 Å². The third kappa shape index (κ3) is 3.98. The van der Waals surface area contributed by atoms with Crippen molar-refractivity contribution in [1.82, 2.24) is 0 Å². The van der Waals surface area contributed by atoms with Crippen LogP contribution in [0.2, 0.25) is 0 Å². The summed E-state index contributed by atoms with van der Waals surface area (Å²) in [6.45, 7) is 1.70. The minimum absolute atomic E-state index is 0. The highest BCUT2D eigenvalue weighted by Gasteiger charge is 2.30. The predicted molar refractivity (Wildman–Crippen MR) is 75.3 cm³/mol. The summed E-state index contributed by atoms with van der Waals surface area (Å²) in [7, 11) is 2.89. The van der Waals surface area contributed by atoms with Gasteiger partial charge in [-0.15, -0.1) is 12.4 Å². The number of hydrogen-bond acceptors (Lipinski definition) is 5. The highest BCUT2D eigenvalue weighted by Crippen LogP contribution is 2.35. The van der Waals surface area contributed by atoms with Gasteiger partial charge in [0.05, 0.1) is 26.9 Å². The van der Waals surface area contributed by atoms with Gasteiger partial charge < -0.3 is 19.9 Å². The summed E-state index contributed by atoms with van der Waals surface area (Å²) in [5, 5.41) is 0. The van der Waals surface area contributed by atoms with E-state index in [4.69, 9.17) is 15.2 Å². The van der Waals surface area contributed by atoms with E-state index in [9.17, 15) is 9.18 Å². The van der Waals surface area contributed by atoms with E-state index in [1.165, 1.54) is 14.2 Å². The van der Waals surface area contributed by atoms with Crippen LogP contribution in [0.1, 0.15) is 18.5 Å². The molecule has 1 aromatic carbocycles. The molecule has 1 aromatic rings. The summed E-state index contributed by atoms with van der Waals surface area (Å²) in [6, 6.07) is 3.71. The Morgan fingerprint density at radius 1 is 1.35 bits per heavy atom. The van der Waals surface area contributed by atoms with Gasteiger partial charge in [-0.3, -0.25) is 0 Å². The fraction of sp³-hybridized carbons (Fsp3) is 0.462. The van der Waals surface area contributed by atoms with Crippen molar-refractivity contribution < 1.29 is 23.4 Å². The van der Waals surface area contributed by atoms with Gasteiger partial charge in [-0.25, -0.2) is 9.18 Å². The Labute approximate surface area is 123 Å². The summed E-state index contributed by atoms with van der Waals surface area (Å²) < 4.78 is 28.8. The van der Waals surface area contributed by atoms with Crippen LogP contribution < -0.4 is 15.2 Å². The minimum Gasteiger partial charge on any atom is -0.493 e. The number of rotatable bonds is 6. The lowest BCUT2D eigenvalue weighted by Gasteiger charge is -2.19. The van der Waals surface area contributed by atoms with E-state index in [1.54, 1.807) is 25.1 Å². The Morgan fingerprint density at radius 3 is 2.50 bits per heavy atom. The molecule has 0 heterocycles. The second-order valence-electron chi connectivity index (χ2n) is 3.76. The second kappa shape index (κ2) is 8.60. The SMILES string of the molecule is CCOC(=O)C(F)[C@H](N)c1cccc(OC)c1OC.Cl. The van der Waals surface area contributed by atoms with Gasteiger partial charge in [-0.1, -0.05) is 12.1 Å². The maximum atomic E-state index is 13.9. The van der Waals surface area contributed by atoms with Crippen molar-refractivity contribution in [3.8, 4) is 11.5 Å². The summed E-state index contributed by atoms with van der Waals surface area (Å²) in [5.74, 6) is -0.254. The van der Waals surface area contributed by atoms with Crippen LogP contribution in [0.4, 0.5) is 4.39 Å². The lowest BCUT2D eigenvalue weighted by molar-refractivity contribution is -0.149. The van der Waals surface area contributed by atoms with Crippen LogP contribution >= 0.6 is 12.4 Å². The maximum Gasteiger partial charge on any atom is 0.342 e. The normalized spacial score (nSPS) is 12.8. The van der Waals surface area contributed by atoms with Crippen LogP contribution in [-0.2, 0) is 9.53 Å². The van der Waals surface area contributed by atoms with Gasteiger partial charge >= 0.3 is 5.97 Å². The van der Waals surface area contributed by atoms with Crippen molar-refractivity contribution in [2.45, 2.75) is 19.1 Å². The van der Waals surface area contributed by atoms with Crippen LogP contribution in [0, 0.1) is 0 Å². The molecule has 1 rings (SSSR count). The van der Waals surface area contributed by atoms with Gasteiger partial charge in [0, 0.05) is 5.56 Å². The summed E-state index contributed by atoms with van der Waals surface area (Å²) in [6.07, 6.45) is -1.96. The molecule has 0 fully saturated rings. The first-order chi connectivity index (χ1) is 9.06. The van der Waals surface area contributed by atoms with Crippen molar-refractivity contribution in [3.63, 3.8) is 0 Å². The number of halogens is 2. The third-order valence-electron chi connectivity index (χ3n) is 2.62. The first-order valence-corrected chi connectivity index (χ1v) is 5.84. The van der Waals surface area contributed by atoms with Gasteiger partial charge in [0.2, 0.25) is 6.17 Å². The molecule has 20 heavy (non-hydrogen) atoms. The number of carbonyl (C=O) groups excluding carboxylic acids is 1. The van der Waals surface area contributed by atoms with Crippen LogP contribution in [-0.4, -0.2) is 33.0 Å². The molecule has 7 heteroatoms. The molecule has 5 nitrogen and oxygen atoms in total. The van der Waals surface area contributed by atoms with Crippen LogP contribution in [0.3, 0.4) is 0 Å². The number of methoxy groups -OCH3 is 2. The molecule has 0 saturated heterocycles. The summed E-state index contributed by atoms with van der Waals surface area (Å²) in [5.41, 5.74) is 6.11. The van der Waals surface area contributed by atoms with Gasteiger partial charge in [-0.2, -0.15) is 0 Å². The number of benzene rings is 1. The van der Waals surface area contributed by atoms with Gasteiger partial charge in [0.1, 0.15) is 0 Å². The minimum atomic E-state index is -1.96. The lowest BCUT2D eigenvalue weighted by atomic mass is 10.0. The molecular formula is C13H19ClFNO4. The van der Waals surface area contributed by atoms with E-state index in [2.05, 4.69) is 4.74 Å². The third-order valence-corrected chi connectivity index (χ3v) is 2.62. The van der Waals surface area contributed by atoms with Gasteiger partial charge in [0.15, 0.2) is 11.5 Å². The van der Waals surface area contributed by atoms with Gasteiger partial charge in [0.25, 0.3) is 0 Å². The summed E-state index contributed by atoms with van der Waals surface area (Å²) >= 11 is 0. The molecule has 1 unspecified atom stereocenters. The molecule has 2 N–H and O–H groups in total. The van der Waals surface area contributed by atoms with E-state index in [1.807, 2.05) is 0 Å². The topological polar surface area (TPSA) is 70.8 Å². The largest absolute Gasteiger partial charge is 0.493 e. The van der Waals surface area contributed by atoms with Crippen LogP contribution in [0.5, 0.6) is 11.5 Å². The van der Waals surface area contributed by atoms with Crippen LogP contribution in [0.25, 0.3) is 0 Å². The monoisotopic (exact) mass is 307 g/mol. The molecule has 0 aliphatic heterocycles. The molecule has 0 radical (unpaired) electrons. The highest BCUT2D eigenvalue weighted by molar-refractivity contribution is 5.85. The molecule has 2 atom stereocenters. The predicted octanol–water partition coefficient (Wildman–Crippen LogP) is 2.03. The standard InChI is InChI=1S/C13H18FNO4.ClH/c1-4-19-13(16)10(14)11(15)8-6-5-7-9(17-2)12(8)18-3;/h5-7,10-11H,4,15H2,1-3H3;1H/t10?,11-;/m1./s1. The Hall–Kier alpha value is -1.53. The quantitative estimate of drug-likeness (QED) is 0.814. The maximum absolute atomic E-state index is 13.9.